The van der Waals surface area contributed by atoms with E-state index < -0.39 is 5.97 Å². The third-order valence-electron chi connectivity index (χ3n) is 2.75. The summed E-state index contributed by atoms with van der Waals surface area (Å²) in [6.45, 7) is 5.49. The van der Waals surface area contributed by atoms with Crippen LogP contribution in [0.4, 0.5) is 5.13 Å². The molecular formula is C11H17N3O3S. The fourth-order valence-corrected chi connectivity index (χ4v) is 2.46. The first-order chi connectivity index (χ1) is 8.75. The molecule has 100 valence electrons. The second kappa shape index (κ2) is 6.67. The highest BCUT2D eigenvalue weighted by Gasteiger charge is 2.10. The van der Waals surface area contributed by atoms with Gasteiger partial charge in [-0.1, -0.05) is 11.3 Å². The second-order valence-corrected chi connectivity index (χ2v) is 5.10. The van der Waals surface area contributed by atoms with Gasteiger partial charge < -0.3 is 15.2 Å². The second-order valence-electron chi connectivity index (χ2n) is 4.07. The van der Waals surface area contributed by atoms with Crippen molar-refractivity contribution in [3.8, 4) is 0 Å². The number of aromatic carboxylic acids is 1. The maximum absolute atomic E-state index is 10.7. The van der Waals surface area contributed by atoms with Crippen molar-refractivity contribution in [2.45, 2.75) is 6.42 Å². The highest BCUT2D eigenvalue weighted by Crippen LogP contribution is 2.17. The van der Waals surface area contributed by atoms with E-state index in [1.165, 1.54) is 17.5 Å². The van der Waals surface area contributed by atoms with Gasteiger partial charge in [-0.3, -0.25) is 4.90 Å². The smallest absolute Gasteiger partial charge is 0.347 e. The lowest BCUT2D eigenvalue weighted by Crippen LogP contribution is -2.37. The van der Waals surface area contributed by atoms with E-state index in [9.17, 15) is 4.79 Å². The highest BCUT2D eigenvalue weighted by atomic mass is 32.1. The molecule has 1 aromatic heterocycles. The minimum absolute atomic E-state index is 0.269. The van der Waals surface area contributed by atoms with E-state index in [1.54, 1.807) is 0 Å². The first kappa shape index (κ1) is 13.3. The molecule has 1 aromatic rings. The molecule has 0 atom stereocenters. The molecule has 1 aliphatic rings. The third-order valence-corrected chi connectivity index (χ3v) is 3.69. The highest BCUT2D eigenvalue weighted by molar-refractivity contribution is 7.17. The van der Waals surface area contributed by atoms with Crippen LogP contribution in [0, 0.1) is 0 Å². The van der Waals surface area contributed by atoms with Gasteiger partial charge in [0.15, 0.2) is 5.13 Å². The van der Waals surface area contributed by atoms with Gasteiger partial charge in [0.25, 0.3) is 0 Å². The number of morpholine rings is 1. The zero-order chi connectivity index (χ0) is 12.8. The number of anilines is 1. The molecule has 6 nitrogen and oxygen atoms in total. The minimum atomic E-state index is -0.922. The molecule has 2 N–H and O–H groups in total. The average Bonchev–Trinajstić information content (AvgIpc) is 2.85. The number of nitrogens with one attached hydrogen (secondary N) is 1. The maximum Gasteiger partial charge on any atom is 0.347 e. The summed E-state index contributed by atoms with van der Waals surface area (Å²) in [6.07, 6.45) is 2.40. The van der Waals surface area contributed by atoms with Crippen molar-refractivity contribution in [3.63, 3.8) is 0 Å². The molecule has 1 saturated heterocycles. The van der Waals surface area contributed by atoms with Crippen molar-refractivity contribution < 1.29 is 14.6 Å². The predicted octanol–water partition coefficient (Wildman–Crippen LogP) is 0.975. The van der Waals surface area contributed by atoms with Crippen LogP contribution in [-0.4, -0.2) is 60.4 Å². The summed E-state index contributed by atoms with van der Waals surface area (Å²) in [6, 6.07) is 0. The Morgan fingerprint density at radius 3 is 3.00 bits per heavy atom. The fraction of sp³-hybridized carbons (Fsp3) is 0.636. The Balaban J connectivity index is 1.63. The first-order valence-corrected chi connectivity index (χ1v) is 6.80. The van der Waals surface area contributed by atoms with Gasteiger partial charge in [-0.25, -0.2) is 9.78 Å². The van der Waals surface area contributed by atoms with Crippen molar-refractivity contribution in [3.05, 3.63) is 11.1 Å². The van der Waals surface area contributed by atoms with E-state index in [4.69, 9.17) is 9.84 Å². The summed E-state index contributed by atoms with van der Waals surface area (Å²) in [5, 5.41) is 12.6. The molecule has 18 heavy (non-hydrogen) atoms. The quantitative estimate of drug-likeness (QED) is 0.751. The molecule has 0 aromatic carbocycles. The summed E-state index contributed by atoms with van der Waals surface area (Å²) in [4.78, 5) is 17.3. The minimum Gasteiger partial charge on any atom is -0.477 e. The van der Waals surface area contributed by atoms with Gasteiger partial charge in [0.2, 0.25) is 0 Å². The number of aromatic nitrogens is 1. The number of carbonyl (C=O) groups is 1. The van der Waals surface area contributed by atoms with Gasteiger partial charge in [-0.2, -0.15) is 0 Å². The monoisotopic (exact) mass is 271 g/mol. The topological polar surface area (TPSA) is 74.7 Å². The van der Waals surface area contributed by atoms with Crippen LogP contribution in [0.5, 0.6) is 0 Å². The first-order valence-electron chi connectivity index (χ1n) is 5.99. The molecule has 1 aliphatic heterocycles. The van der Waals surface area contributed by atoms with Gasteiger partial charge >= 0.3 is 5.97 Å². The summed E-state index contributed by atoms with van der Waals surface area (Å²) in [5.74, 6) is -0.922. The number of hydrogen-bond acceptors (Lipinski definition) is 6. The van der Waals surface area contributed by atoms with Crippen LogP contribution in [0.15, 0.2) is 6.20 Å². The van der Waals surface area contributed by atoms with Crippen molar-refractivity contribution in [1.29, 1.82) is 0 Å². The molecule has 0 unspecified atom stereocenters. The Bertz CT molecular complexity index is 391. The molecule has 0 bridgehead atoms. The van der Waals surface area contributed by atoms with E-state index in [2.05, 4.69) is 15.2 Å². The molecule has 0 spiro atoms. The lowest BCUT2D eigenvalue weighted by Gasteiger charge is -2.26. The Labute approximate surface area is 110 Å². The maximum atomic E-state index is 10.7. The summed E-state index contributed by atoms with van der Waals surface area (Å²) in [7, 11) is 0. The zero-order valence-electron chi connectivity index (χ0n) is 10.1. The van der Waals surface area contributed by atoms with Gasteiger partial charge in [-0.05, 0) is 13.0 Å². The van der Waals surface area contributed by atoms with Crippen LogP contribution in [0.2, 0.25) is 0 Å². The average molecular weight is 271 g/mol. The Morgan fingerprint density at radius 1 is 1.56 bits per heavy atom. The number of hydrogen-bond donors (Lipinski definition) is 2. The molecule has 2 rings (SSSR count). The van der Waals surface area contributed by atoms with Gasteiger partial charge in [0.05, 0.1) is 19.4 Å². The largest absolute Gasteiger partial charge is 0.477 e. The lowest BCUT2D eigenvalue weighted by molar-refractivity contribution is 0.0378. The molecular weight excluding hydrogens is 254 g/mol. The summed E-state index contributed by atoms with van der Waals surface area (Å²) < 4.78 is 5.28. The summed E-state index contributed by atoms with van der Waals surface area (Å²) in [5.41, 5.74) is 0. The van der Waals surface area contributed by atoms with E-state index in [0.29, 0.717) is 5.13 Å². The van der Waals surface area contributed by atoms with Crippen molar-refractivity contribution in [2.24, 2.45) is 0 Å². The molecule has 1 fully saturated rings. The van der Waals surface area contributed by atoms with Crippen molar-refractivity contribution in [1.82, 2.24) is 9.88 Å². The normalized spacial score (nSPS) is 16.7. The van der Waals surface area contributed by atoms with Gasteiger partial charge in [0, 0.05) is 19.6 Å². The fourth-order valence-electron chi connectivity index (χ4n) is 1.78. The Morgan fingerprint density at radius 2 is 2.33 bits per heavy atom. The van der Waals surface area contributed by atoms with E-state index >= 15 is 0 Å². The molecule has 0 saturated carbocycles. The standard InChI is InChI=1S/C11H17N3O3S/c15-10(16)9-8-13-11(18-9)12-2-1-3-14-4-6-17-7-5-14/h8H,1-7H2,(H,12,13)(H,15,16). The van der Waals surface area contributed by atoms with E-state index in [1.807, 2.05) is 0 Å². The van der Waals surface area contributed by atoms with Crippen LogP contribution >= 0.6 is 11.3 Å². The molecule has 2 heterocycles. The Kier molecular flexibility index (Phi) is 4.91. The van der Waals surface area contributed by atoms with Crippen LogP contribution in [0.1, 0.15) is 16.1 Å². The number of ether oxygens (including phenoxy) is 1. The molecule has 0 radical (unpaired) electrons. The summed E-state index contributed by atoms with van der Waals surface area (Å²) >= 11 is 1.17. The van der Waals surface area contributed by atoms with Crippen LogP contribution in [0.25, 0.3) is 0 Å². The number of thiazole rings is 1. The SMILES string of the molecule is O=C(O)c1cnc(NCCCN2CCOCC2)s1. The van der Waals surface area contributed by atoms with E-state index in [-0.39, 0.29) is 4.88 Å². The van der Waals surface area contributed by atoms with Crippen molar-refractivity contribution >= 4 is 22.4 Å². The number of rotatable bonds is 6. The van der Waals surface area contributed by atoms with Crippen LogP contribution < -0.4 is 5.32 Å². The lowest BCUT2D eigenvalue weighted by atomic mass is 10.3. The zero-order valence-corrected chi connectivity index (χ0v) is 10.9. The molecule has 0 amide bonds. The number of carboxylic acids is 1. The van der Waals surface area contributed by atoms with Crippen molar-refractivity contribution in [2.75, 3.05) is 44.7 Å². The van der Waals surface area contributed by atoms with Gasteiger partial charge in [0.1, 0.15) is 4.88 Å². The van der Waals surface area contributed by atoms with Crippen LogP contribution in [0.3, 0.4) is 0 Å². The Hall–Kier alpha value is -1.18. The van der Waals surface area contributed by atoms with E-state index in [0.717, 1.165) is 45.8 Å². The molecule has 0 aliphatic carbocycles. The predicted molar refractivity (Wildman–Crippen MR) is 69.4 cm³/mol. The van der Waals surface area contributed by atoms with Crippen LogP contribution in [-0.2, 0) is 4.74 Å². The molecule has 7 heteroatoms. The van der Waals surface area contributed by atoms with Gasteiger partial charge in [-0.15, -0.1) is 0 Å². The number of nitrogens with zero attached hydrogens (tertiary/aromatic N) is 2. The third kappa shape index (κ3) is 3.94. The number of carboxylic acid groups (broad SMARTS) is 1.